The second-order valence-electron chi connectivity index (χ2n) is 6.42. The van der Waals surface area contributed by atoms with Crippen molar-refractivity contribution in [2.75, 3.05) is 26.2 Å². The third-order valence-corrected chi connectivity index (χ3v) is 4.94. The minimum atomic E-state index is -0.152. The first-order chi connectivity index (χ1) is 10.2. The van der Waals surface area contributed by atoms with E-state index in [1.54, 1.807) is 0 Å². The van der Waals surface area contributed by atoms with E-state index < -0.39 is 0 Å². The standard InChI is InChI=1S/C16H25N3O2/c20-15-9-13(11-19(15)14-3-1-2-4-14)16(21)18-10-12-5-7-17-8-6-12/h5,13-14,17H,1-4,6-11H2,(H,18,21). The van der Waals surface area contributed by atoms with Crippen molar-refractivity contribution in [2.24, 2.45) is 5.92 Å². The molecule has 21 heavy (non-hydrogen) atoms. The second-order valence-corrected chi connectivity index (χ2v) is 6.42. The molecule has 1 saturated heterocycles. The van der Waals surface area contributed by atoms with Gasteiger partial charge in [0.1, 0.15) is 0 Å². The average molecular weight is 291 g/mol. The van der Waals surface area contributed by atoms with Crippen LogP contribution in [0.1, 0.15) is 38.5 Å². The zero-order chi connectivity index (χ0) is 14.7. The van der Waals surface area contributed by atoms with Crippen LogP contribution in [0, 0.1) is 5.92 Å². The lowest BCUT2D eigenvalue weighted by Crippen LogP contribution is -2.37. The molecule has 0 radical (unpaired) electrons. The van der Waals surface area contributed by atoms with Gasteiger partial charge in [-0.25, -0.2) is 0 Å². The molecular weight excluding hydrogens is 266 g/mol. The largest absolute Gasteiger partial charge is 0.352 e. The molecule has 0 bridgehead atoms. The van der Waals surface area contributed by atoms with Gasteiger partial charge in [0.2, 0.25) is 11.8 Å². The molecule has 1 unspecified atom stereocenters. The molecule has 116 valence electrons. The summed E-state index contributed by atoms with van der Waals surface area (Å²) < 4.78 is 0. The van der Waals surface area contributed by atoms with E-state index in [1.807, 2.05) is 4.90 Å². The fraction of sp³-hybridized carbons (Fsp3) is 0.750. The monoisotopic (exact) mass is 291 g/mol. The van der Waals surface area contributed by atoms with Crippen molar-refractivity contribution in [2.45, 2.75) is 44.6 Å². The quantitative estimate of drug-likeness (QED) is 0.754. The SMILES string of the molecule is O=C(NCC1=CCNCC1)C1CC(=O)N(C2CCCC2)C1. The summed E-state index contributed by atoms with van der Waals surface area (Å²) in [6, 6.07) is 0.391. The van der Waals surface area contributed by atoms with Crippen molar-refractivity contribution in [3.05, 3.63) is 11.6 Å². The summed E-state index contributed by atoms with van der Waals surface area (Å²) in [4.78, 5) is 26.3. The van der Waals surface area contributed by atoms with Crippen LogP contribution in [0.2, 0.25) is 0 Å². The smallest absolute Gasteiger partial charge is 0.225 e. The molecular formula is C16H25N3O2. The van der Waals surface area contributed by atoms with Gasteiger partial charge in [0.25, 0.3) is 0 Å². The van der Waals surface area contributed by atoms with Crippen molar-refractivity contribution < 1.29 is 9.59 Å². The van der Waals surface area contributed by atoms with E-state index in [0.29, 0.717) is 25.6 Å². The number of hydrogen-bond acceptors (Lipinski definition) is 3. The van der Waals surface area contributed by atoms with Gasteiger partial charge in [-0.05, 0) is 25.8 Å². The summed E-state index contributed by atoms with van der Waals surface area (Å²) in [5, 5.41) is 6.27. The highest BCUT2D eigenvalue weighted by Gasteiger charge is 2.38. The van der Waals surface area contributed by atoms with Crippen molar-refractivity contribution in [3.63, 3.8) is 0 Å². The maximum absolute atomic E-state index is 12.3. The van der Waals surface area contributed by atoms with Gasteiger partial charge in [-0.15, -0.1) is 0 Å². The third-order valence-electron chi connectivity index (χ3n) is 4.94. The Hall–Kier alpha value is -1.36. The number of carbonyl (C=O) groups excluding carboxylic acids is 2. The molecule has 3 aliphatic rings. The van der Waals surface area contributed by atoms with Gasteiger partial charge in [-0.1, -0.05) is 24.5 Å². The maximum Gasteiger partial charge on any atom is 0.225 e. The number of nitrogens with zero attached hydrogens (tertiary/aromatic N) is 1. The Morgan fingerprint density at radius 2 is 2.19 bits per heavy atom. The Morgan fingerprint density at radius 3 is 2.90 bits per heavy atom. The van der Waals surface area contributed by atoms with E-state index in [2.05, 4.69) is 16.7 Å². The summed E-state index contributed by atoms with van der Waals surface area (Å²) in [6.07, 6.45) is 8.19. The number of nitrogens with one attached hydrogen (secondary N) is 2. The van der Waals surface area contributed by atoms with Gasteiger partial charge in [-0.2, -0.15) is 0 Å². The number of carbonyl (C=O) groups is 2. The molecule has 1 saturated carbocycles. The molecule has 1 aliphatic carbocycles. The molecule has 2 aliphatic heterocycles. The van der Waals surface area contributed by atoms with Crippen molar-refractivity contribution in [1.82, 2.24) is 15.5 Å². The first-order valence-electron chi connectivity index (χ1n) is 8.20. The summed E-state index contributed by atoms with van der Waals surface area (Å²) in [5.41, 5.74) is 1.29. The van der Waals surface area contributed by atoms with Gasteiger partial charge in [0.05, 0.1) is 5.92 Å². The summed E-state index contributed by atoms with van der Waals surface area (Å²) in [7, 11) is 0. The first-order valence-corrected chi connectivity index (χ1v) is 8.20. The van der Waals surface area contributed by atoms with Crippen LogP contribution in [0.5, 0.6) is 0 Å². The van der Waals surface area contributed by atoms with Crippen LogP contribution in [0.25, 0.3) is 0 Å². The van der Waals surface area contributed by atoms with E-state index in [9.17, 15) is 9.59 Å². The van der Waals surface area contributed by atoms with Crippen LogP contribution >= 0.6 is 0 Å². The molecule has 1 atom stereocenters. The van der Waals surface area contributed by atoms with Gasteiger partial charge < -0.3 is 15.5 Å². The van der Waals surface area contributed by atoms with Crippen LogP contribution in [-0.2, 0) is 9.59 Å². The zero-order valence-electron chi connectivity index (χ0n) is 12.6. The highest BCUT2D eigenvalue weighted by atomic mass is 16.2. The van der Waals surface area contributed by atoms with E-state index in [4.69, 9.17) is 0 Å². The topological polar surface area (TPSA) is 61.4 Å². The van der Waals surface area contributed by atoms with Crippen LogP contribution in [-0.4, -0.2) is 48.9 Å². The minimum Gasteiger partial charge on any atom is -0.352 e. The highest BCUT2D eigenvalue weighted by molar-refractivity contribution is 5.89. The van der Waals surface area contributed by atoms with Crippen LogP contribution in [0.15, 0.2) is 11.6 Å². The number of likely N-dealkylation sites (tertiary alicyclic amines) is 1. The molecule has 3 rings (SSSR count). The predicted octanol–water partition coefficient (Wildman–Crippen LogP) is 0.813. The Kier molecular flexibility index (Phi) is 4.58. The van der Waals surface area contributed by atoms with E-state index >= 15 is 0 Å². The second kappa shape index (κ2) is 6.60. The molecule has 0 aromatic rings. The lowest BCUT2D eigenvalue weighted by atomic mass is 10.1. The normalized spacial score (nSPS) is 27.0. The van der Waals surface area contributed by atoms with Gasteiger partial charge >= 0.3 is 0 Å². The number of rotatable bonds is 4. The fourth-order valence-corrected chi connectivity index (χ4v) is 3.65. The van der Waals surface area contributed by atoms with Gasteiger partial charge in [-0.3, -0.25) is 9.59 Å². The Morgan fingerprint density at radius 1 is 1.38 bits per heavy atom. The molecule has 2 fully saturated rings. The number of amides is 2. The molecule has 0 aromatic carbocycles. The Labute approximate surface area is 126 Å². The highest BCUT2D eigenvalue weighted by Crippen LogP contribution is 2.29. The molecule has 0 spiro atoms. The Bertz CT molecular complexity index is 441. The molecule has 0 aromatic heterocycles. The van der Waals surface area contributed by atoms with Gasteiger partial charge in [0.15, 0.2) is 0 Å². The molecule has 2 N–H and O–H groups in total. The van der Waals surface area contributed by atoms with Crippen LogP contribution in [0.3, 0.4) is 0 Å². The summed E-state index contributed by atoms with van der Waals surface area (Å²) in [5.74, 6) is 0.0619. The van der Waals surface area contributed by atoms with E-state index in [0.717, 1.165) is 32.4 Å². The van der Waals surface area contributed by atoms with E-state index in [-0.39, 0.29) is 17.7 Å². The van der Waals surface area contributed by atoms with Crippen LogP contribution < -0.4 is 10.6 Å². The van der Waals surface area contributed by atoms with E-state index in [1.165, 1.54) is 18.4 Å². The Balaban J connectivity index is 1.49. The lowest BCUT2D eigenvalue weighted by molar-refractivity contribution is -0.130. The summed E-state index contributed by atoms with van der Waals surface area (Å²) in [6.45, 7) is 3.13. The molecule has 2 heterocycles. The number of hydrogen-bond donors (Lipinski definition) is 2. The zero-order valence-corrected chi connectivity index (χ0v) is 12.6. The first kappa shape index (κ1) is 14.6. The third kappa shape index (κ3) is 3.46. The van der Waals surface area contributed by atoms with Crippen LogP contribution in [0.4, 0.5) is 0 Å². The molecule has 5 nitrogen and oxygen atoms in total. The fourth-order valence-electron chi connectivity index (χ4n) is 3.65. The summed E-state index contributed by atoms with van der Waals surface area (Å²) >= 11 is 0. The predicted molar refractivity (Wildman–Crippen MR) is 80.7 cm³/mol. The van der Waals surface area contributed by atoms with Crippen molar-refractivity contribution in [3.8, 4) is 0 Å². The lowest BCUT2D eigenvalue weighted by Gasteiger charge is -2.24. The average Bonchev–Trinajstić information content (AvgIpc) is 3.15. The van der Waals surface area contributed by atoms with Crippen molar-refractivity contribution in [1.29, 1.82) is 0 Å². The molecule has 5 heteroatoms. The minimum absolute atomic E-state index is 0.0447. The van der Waals surface area contributed by atoms with Crippen molar-refractivity contribution >= 4 is 11.8 Å². The maximum atomic E-state index is 12.3. The molecule has 2 amide bonds. The van der Waals surface area contributed by atoms with Gasteiger partial charge in [0, 0.05) is 32.1 Å².